The van der Waals surface area contributed by atoms with E-state index in [1.165, 1.54) is 7.11 Å². The number of ether oxygens (including phenoxy) is 3. The highest BCUT2D eigenvalue weighted by Crippen LogP contribution is 2.40. The molecule has 0 radical (unpaired) electrons. The van der Waals surface area contributed by atoms with E-state index < -0.39 is 36.8 Å². The average molecular weight is 425 g/mol. The molecule has 0 saturated carbocycles. The fourth-order valence-corrected chi connectivity index (χ4v) is 3.74. The predicted molar refractivity (Wildman–Crippen MR) is 106 cm³/mol. The molecule has 1 aliphatic rings. The first-order valence-electron chi connectivity index (χ1n) is 9.16. The first kappa shape index (κ1) is 22.0. The topological polar surface area (TPSA) is 109 Å². The van der Waals surface area contributed by atoms with Gasteiger partial charge in [0.2, 0.25) is 5.79 Å². The van der Waals surface area contributed by atoms with Crippen LogP contribution in [0.5, 0.6) is 5.75 Å². The molecule has 8 heteroatoms. The van der Waals surface area contributed by atoms with Crippen LogP contribution in [0.3, 0.4) is 0 Å². The lowest BCUT2D eigenvalue weighted by molar-refractivity contribution is -0.366. The minimum Gasteiger partial charge on any atom is -0.497 e. The smallest absolute Gasteiger partial charge is 0.224 e. The Morgan fingerprint density at radius 1 is 1.03 bits per heavy atom. The maximum Gasteiger partial charge on any atom is 0.224 e. The second-order valence-corrected chi connectivity index (χ2v) is 7.37. The predicted octanol–water partition coefficient (Wildman–Crippen LogP) is 1.21. The summed E-state index contributed by atoms with van der Waals surface area (Å²) in [6.45, 7) is -0.553. The lowest BCUT2D eigenvalue weighted by Gasteiger charge is -2.47. The van der Waals surface area contributed by atoms with Crippen molar-refractivity contribution >= 4 is 11.6 Å². The number of hydrogen-bond acceptors (Lipinski definition) is 7. The molecule has 3 rings (SSSR count). The van der Waals surface area contributed by atoms with Crippen LogP contribution in [-0.2, 0) is 21.7 Å². The van der Waals surface area contributed by atoms with Crippen LogP contribution in [-0.4, -0.2) is 65.7 Å². The molecule has 7 nitrogen and oxygen atoms in total. The zero-order valence-corrected chi connectivity index (χ0v) is 16.9. The number of aliphatic hydroxyl groups excluding tert-OH is 4. The van der Waals surface area contributed by atoms with Gasteiger partial charge in [0.15, 0.2) is 0 Å². The molecule has 2 aromatic rings. The molecule has 158 valence electrons. The van der Waals surface area contributed by atoms with Gasteiger partial charge in [-0.2, -0.15) is 0 Å². The standard InChI is InChI=1S/C21H25ClO7/c1-27-15-6-3-12(4-7-15)9-13-10-14(5-8-16(13)22)21(28-2)20(26)19(25)18(24)17(11-23)29-21/h3-8,10,17-20,23-26H,9,11H2,1-2H3. The van der Waals surface area contributed by atoms with Crippen LogP contribution in [0.4, 0.5) is 0 Å². The highest BCUT2D eigenvalue weighted by molar-refractivity contribution is 6.31. The van der Waals surface area contributed by atoms with Crippen molar-refractivity contribution in [2.45, 2.75) is 36.6 Å². The van der Waals surface area contributed by atoms with E-state index in [0.29, 0.717) is 17.0 Å². The number of aliphatic hydroxyl groups is 4. The molecule has 1 heterocycles. The van der Waals surface area contributed by atoms with E-state index >= 15 is 0 Å². The number of hydrogen-bond donors (Lipinski definition) is 4. The van der Waals surface area contributed by atoms with Crippen LogP contribution in [0.2, 0.25) is 5.02 Å². The van der Waals surface area contributed by atoms with Crippen molar-refractivity contribution in [3.63, 3.8) is 0 Å². The molecule has 0 aromatic heterocycles. The van der Waals surface area contributed by atoms with Gasteiger partial charge in [-0.1, -0.05) is 29.8 Å². The van der Waals surface area contributed by atoms with Gasteiger partial charge in [-0.05, 0) is 41.8 Å². The summed E-state index contributed by atoms with van der Waals surface area (Å²) in [4.78, 5) is 0. The zero-order valence-electron chi connectivity index (χ0n) is 16.2. The summed E-state index contributed by atoms with van der Waals surface area (Å²) in [5.74, 6) is -1.03. The average Bonchev–Trinajstić information content (AvgIpc) is 2.75. The Morgan fingerprint density at radius 3 is 2.31 bits per heavy atom. The lowest BCUT2D eigenvalue weighted by atomic mass is 9.87. The maximum absolute atomic E-state index is 10.6. The van der Waals surface area contributed by atoms with E-state index in [1.807, 2.05) is 24.3 Å². The monoisotopic (exact) mass is 424 g/mol. The normalized spacial score (nSPS) is 29.6. The minimum atomic E-state index is -1.77. The van der Waals surface area contributed by atoms with Crippen LogP contribution >= 0.6 is 11.6 Å². The first-order chi connectivity index (χ1) is 13.9. The second-order valence-electron chi connectivity index (χ2n) is 6.97. The summed E-state index contributed by atoms with van der Waals surface area (Å²) in [7, 11) is 2.92. The van der Waals surface area contributed by atoms with Crippen LogP contribution in [0.15, 0.2) is 42.5 Å². The Labute approximate surface area is 174 Å². The molecule has 5 unspecified atom stereocenters. The van der Waals surface area contributed by atoms with Gasteiger partial charge < -0.3 is 34.6 Å². The second kappa shape index (κ2) is 8.97. The number of rotatable bonds is 6. The summed E-state index contributed by atoms with van der Waals surface area (Å²) in [5, 5.41) is 41.0. The van der Waals surface area contributed by atoms with Gasteiger partial charge in [0, 0.05) is 17.7 Å². The lowest BCUT2D eigenvalue weighted by Crippen LogP contribution is -2.64. The van der Waals surface area contributed by atoms with Crippen molar-refractivity contribution in [1.29, 1.82) is 0 Å². The van der Waals surface area contributed by atoms with Gasteiger partial charge in [0.1, 0.15) is 30.2 Å². The number of methoxy groups -OCH3 is 2. The van der Waals surface area contributed by atoms with Crippen molar-refractivity contribution in [1.82, 2.24) is 0 Å². The maximum atomic E-state index is 10.6. The molecule has 0 amide bonds. The molecule has 4 N–H and O–H groups in total. The molecule has 29 heavy (non-hydrogen) atoms. The van der Waals surface area contributed by atoms with E-state index in [2.05, 4.69) is 0 Å². The summed E-state index contributed by atoms with van der Waals surface area (Å²) in [6.07, 6.45) is -5.23. The van der Waals surface area contributed by atoms with Crippen LogP contribution in [0.25, 0.3) is 0 Å². The largest absolute Gasteiger partial charge is 0.497 e. The molecule has 1 aliphatic heterocycles. The quantitative estimate of drug-likeness (QED) is 0.552. The molecule has 5 atom stereocenters. The van der Waals surface area contributed by atoms with E-state index in [4.69, 9.17) is 25.8 Å². The fraction of sp³-hybridized carbons (Fsp3) is 0.429. The highest BCUT2D eigenvalue weighted by atomic mass is 35.5. The highest BCUT2D eigenvalue weighted by Gasteiger charge is 2.55. The molecular weight excluding hydrogens is 400 g/mol. The van der Waals surface area contributed by atoms with Gasteiger partial charge in [0.25, 0.3) is 0 Å². The Balaban J connectivity index is 1.97. The van der Waals surface area contributed by atoms with E-state index in [1.54, 1.807) is 25.3 Å². The van der Waals surface area contributed by atoms with E-state index in [0.717, 1.165) is 16.9 Å². The van der Waals surface area contributed by atoms with Gasteiger partial charge in [-0.15, -0.1) is 0 Å². The Kier molecular flexibility index (Phi) is 6.80. The molecule has 1 fully saturated rings. The number of halogens is 1. The van der Waals surface area contributed by atoms with Crippen molar-refractivity contribution in [3.05, 3.63) is 64.2 Å². The summed E-state index contributed by atoms with van der Waals surface area (Å²) in [5.41, 5.74) is 2.15. The Bertz CT molecular complexity index is 826. The fourth-order valence-electron chi connectivity index (χ4n) is 3.56. The minimum absolute atomic E-state index is 0.407. The third-order valence-corrected chi connectivity index (χ3v) is 5.62. The number of benzene rings is 2. The van der Waals surface area contributed by atoms with Crippen molar-refractivity contribution in [3.8, 4) is 5.75 Å². The van der Waals surface area contributed by atoms with Gasteiger partial charge in [-0.25, -0.2) is 0 Å². The molecule has 1 saturated heterocycles. The summed E-state index contributed by atoms with van der Waals surface area (Å²) in [6, 6.07) is 12.5. The van der Waals surface area contributed by atoms with Crippen molar-refractivity contribution in [2.75, 3.05) is 20.8 Å². The van der Waals surface area contributed by atoms with Crippen LogP contribution in [0.1, 0.15) is 16.7 Å². The third-order valence-electron chi connectivity index (χ3n) is 5.26. The molecule has 0 aliphatic carbocycles. The molecule has 0 spiro atoms. The van der Waals surface area contributed by atoms with Gasteiger partial charge in [0.05, 0.1) is 13.7 Å². The molecule has 0 bridgehead atoms. The Morgan fingerprint density at radius 2 is 1.72 bits per heavy atom. The summed E-state index contributed by atoms with van der Waals surface area (Å²) >= 11 is 6.38. The first-order valence-corrected chi connectivity index (χ1v) is 9.54. The van der Waals surface area contributed by atoms with Crippen molar-refractivity contribution in [2.24, 2.45) is 0 Å². The Hall–Kier alpha value is -1.71. The molecule has 2 aromatic carbocycles. The van der Waals surface area contributed by atoms with Crippen LogP contribution < -0.4 is 4.74 Å². The van der Waals surface area contributed by atoms with Gasteiger partial charge in [-0.3, -0.25) is 0 Å². The van der Waals surface area contributed by atoms with Gasteiger partial charge >= 0.3 is 0 Å². The summed E-state index contributed by atoms with van der Waals surface area (Å²) < 4.78 is 16.4. The van der Waals surface area contributed by atoms with Crippen molar-refractivity contribution < 1.29 is 34.6 Å². The van der Waals surface area contributed by atoms with E-state index in [-0.39, 0.29) is 0 Å². The van der Waals surface area contributed by atoms with E-state index in [9.17, 15) is 20.4 Å². The van der Waals surface area contributed by atoms with Crippen LogP contribution in [0, 0.1) is 0 Å². The SMILES string of the molecule is COc1ccc(Cc2cc(C3(OC)OC(CO)C(O)C(O)C3O)ccc2Cl)cc1. The zero-order chi connectivity index (χ0) is 21.2. The third kappa shape index (κ3) is 4.13. The molecular formula is C21H25ClO7.